The molecule has 0 aromatic rings. The van der Waals surface area contributed by atoms with Gasteiger partial charge in [-0.1, -0.05) is 259 Å². The SMILES string of the molecule is CCCCCCCCCCCCCCCCCCC(=O)OC[C@H](COC(=O)CCCCCCCCC(C)CC)OC(=O)CCCCCCCCCCCCCCCC(C)C. The molecule has 0 N–H and O–H groups in total. The van der Waals surface area contributed by atoms with Gasteiger partial charge in [-0.25, -0.2) is 0 Å². The summed E-state index contributed by atoms with van der Waals surface area (Å²) < 4.78 is 16.8. The van der Waals surface area contributed by atoms with Gasteiger partial charge in [-0.05, 0) is 31.1 Å². The maximum Gasteiger partial charge on any atom is 0.306 e. The van der Waals surface area contributed by atoms with Crippen molar-refractivity contribution in [1.82, 2.24) is 0 Å². The largest absolute Gasteiger partial charge is 0.462 e. The molecule has 6 nitrogen and oxygen atoms in total. The summed E-state index contributed by atoms with van der Waals surface area (Å²) in [5, 5.41) is 0. The first-order chi connectivity index (χ1) is 29.3. The van der Waals surface area contributed by atoms with Crippen molar-refractivity contribution in [3.05, 3.63) is 0 Å². The molecule has 0 radical (unpaired) electrons. The maximum absolute atomic E-state index is 12.8. The van der Waals surface area contributed by atoms with Crippen molar-refractivity contribution in [2.75, 3.05) is 13.2 Å². The Labute approximate surface area is 374 Å². The predicted octanol–water partition coefficient (Wildman–Crippen LogP) is 17.3. The first-order valence-electron chi connectivity index (χ1n) is 26.8. The van der Waals surface area contributed by atoms with E-state index in [1.807, 2.05) is 0 Å². The standard InChI is InChI=1S/C54H104O6/c1-6-8-9-10-11-12-13-14-15-16-19-22-25-28-34-39-44-52(55)58-47-51(48-59-53(56)45-40-35-31-30-33-38-43-50(5)7-2)60-54(57)46-41-36-29-26-23-20-17-18-21-24-27-32-37-42-49(3)4/h49-51H,6-48H2,1-5H3/t50?,51-/m1/s1. The first-order valence-corrected chi connectivity index (χ1v) is 26.8. The highest BCUT2D eigenvalue weighted by Gasteiger charge is 2.19. The molecule has 0 saturated heterocycles. The van der Waals surface area contributed by atoms with E-state index in [0.29, 0.717) is 19.3 Å². The second kappa shape index (κ2) is 46.9. The number of carbonyl (C=O) groups excluding carboxylic acids is 3. The topological polar surface area (TPSA) is 78.9 Å². The highest BCUT2D eigenvalue weighted by atomic mass is 16.6. The van der Waals surface area contributed by atoms with Crippen LogP contribution in [0.3, 0.4) is 0 Å². The van der Waals surface area contributed by atoms with Crippen LogP contribution in [0, 0.1) is 11.8 Å². The van der Waals surface area contributed by atoms with Crippen LogP contribution in [0.2, 0.25) is 0 Å². The first kappa shape index (κ1) is 58.4. The van der Waals surface area contributed by atoms with Crippen LogP contribution in [0.25, 0.3) is 0 Å². The zero-order valence-electron chi connectivity index (χ0n) is 41.1. The lowest BCUT2D eigenvalue weighted by atomic mass is 10.00. The van der Waals surface area contributed by atoms with Crippen molar-refractivity contribution in [3.63, 3.8) is 0 Å². The van der Waals surface area contributed by atoms with Gasteiger partial charge in [0.25, 0.3) is 0 Å². The van der Waals surface area contributed by atoms with E-state index in [4.69, 9.17) is 14.2 Å². The summed E-state index contributed by atoms with van der Waals surface area (Å²) >= 11 is 0. The predicted molar refractivity (Wildman–Crippen MR) is 256 cm³/mol. The molecule has 1 unspecified atom stereocenters. The van der Waals surface area contributed by atoms with Crippen LogP contribution in [-0.2, 0) is 28.6 Å². The van der Waals surface area contributed by atoms with E-state index in [9.17, 15) is 14.4 Å². The Morgan fingerprint density at radius 3 is 0.950 bits per heavy atom. The number of ether oxygens (including phenoxy) is 3. The average Bonchev–Trinajstić information content (AvgIpc) is 3.23. The Hall–Kier alpha value is -1.59. The molecule has 0 saturated carbocycles. The van der Waals surface area contributed by atoms with Gasteiger partial charge < -0.3 is 14.2 Å². The molecular weight excluding hydrogens is 745 g/mol. The van der Waals surface area contributed by atoms with Gasteiger partial charge in [-0.15, -0.1) is 0 Å². The van der Waals surface area contributed by atoms with Crippen molar-refractivity contribution in [2.45, 2.75) is 304 Å². The summed E-state index contributed by atoms with van der Waals surface area (Å²) in [4.78, 5) is 38.0. The molecule has 6 heteroatoms. The zero-order chi connectivity index (χ0) is 44.0. The Bertz CT molecular complexity index is 918. The van der Waals surface area contributed by atoms with Crippen LogP contribution in [0.1, 0.15) is 298 Å². The minimum absolute atomic E-state index is 0.0640. The molecule has 0 aromatic carbocycles. The number of hydrogen-bond acceptors (Lipinski definition) is 6. The van der Waals surface area contributed by atoms with Crippen molar-refractivity contribution in [1.29, 1.82) is 0 Å². The molecule has 2 atom stereocenters. The molecule has 356 valence electrons. The Morgan fingerprint density at radius 1 is 0.350 bits per heavy atom. The monoisotopic (exact) mass is 849 g/mol. The quantitative estimate of drug-likeness (QED) is 0.0345. The summed E-state index contributed by atoms with van der Waals surface area (Å²) in [7, 11) is 0. The molecule has 0 aliphatic carbocycles. The van der Waals surface area contributed by atoms with Crippen LogP contribution in [0.5, 0.6) is 0 Å². The number of carbonyl (C=O) groups is 3. The molecule has 0 amide bonds. The van der Waals surface area contributed by atoms with Gasteiger partial charge in [0.15, 0.2) is 6.10 Å². The van der Waals surface area contributed by atoms with Gasteiger partial charge in [0.05, 0.1) is 0 Å². The van der Waals surface area contributed by atoms with Crippen molar-refractivity contribution in [3.8, 4) is 0 Å². The molecule has 0 rings (SSSR count). The minimum Gasteiger partial charge on any atom is -0.462 e. The fraction of sp³-hybridized carbons (Fsp3) is 0.944. The van der Waals surface area contributed by atoms with Crippen molar-refractivity contribution >= 4 is 17.9 Å². The molecule has 0 bridgehead atoms. The summed E-state index contributed by atoms with van der Waals surface area (Å²) in [5.74, 6) is 0.804. The molecule has 0 spiro atoms. The normalized spacial score (nSPS) is 12.5. The lowest BCUT2D eigenvalue weighted by Crippen LogP contribution is -2.30. The Balaban J connectivity index is 4.28. The van der Waals surface area contributed by atoms with Gasteiger partial charge in [0.1, 0.15) is 13.2 Å². The van der Waals surface area contributed by atoms with Crippen molar-refractivity contribution in [2.24, 2.45) is 11.8 Å². The van der Waals surface area contributed by atoms with Crippen LogP contribution >= 0.6 is 0 Å². The maximum atomic E-state index is 12.8. The number of esters is 3. The van der Waals surface area contributed by atoms with Gasteiger partial charge >= 0.3 is 17.9 Å². The third-order valence-corrected chi connectivity index (χ3v) is 12.6. The van der Waals surface area contributed by atoms with Crippen LogP contribution in [0.15, 0.2) is 0 Å². The third-order valence-electron chi connectivity index (χ3n) is 12.6. The van der Waals surface area contributed by atoms with E-state index in [2.05, 4.69) is 34.6 Å². The van der Waals surface area contributed by atoms with E-state index in [1.54, 1.807) is 0 Å². The highest BCUT2D eigenvalue weighted by molar-refractivity contribution is 5.71. The average molecular weight is 849 g/mol. The molecule has 0 aliphatic heterocycles. The van der Waals surface area contributed by atoms with Crippen LogP contribution in [0.4, 0.5) is 0 Å². The van der Waals surface area contributed by atoms with Crippen LogP contribution in [-0.4, -0.2) is 37.2 Å². The van der Waals surface area contributed by atoms with E-state index in [-0.39, 0.29) is 31.1 Å². The van der Waals surface area contributed by atoms with E-state index in [0.717, 1.165) is 69.6 Å². The zero-order valence-corrected chi connectivity index (χ0v) is 41.1. The molecular formula is C54H104O6. The Morgan fingerprint density at radius 2 is 0.633 bits per heavy atom. The van der Waals surface area contributed by atoms with Gasteiger partial charge in [0.2, 0.25) is 0 Å². The molecule has 0 heterocycles. The fourth-order valence-corrected chi connectivity index (χ4v) is 8.13. The fourth-order valence-electron chi connectivity index (χ4n) is 8.13. The van der Waals surface area contributed by atoms with Gasteiger partial charge in [0, 0.05) is 19.3 Å². The second-order valence-corrected chi connectivity index (χ2v) is 19.2. The number of hydrogen-bond donors (Lipinski definition) is 0. The molecule has 0 fully saturated rings. The second-order valence-electron chi connectivity index (χ2n) is 19.2. The summed E-state index contributed by atoms with van der Waals surface area (Å²) in [6, 6.07) is 0. The van der Waals surface area contributed by atoms with E-state index < -0.39 is 6.10 Å². The smallest absolute Gasteiger partial charge is 0.306 e. The lowest BCUT2D eigenvalue weighted by Gasteiger charge is -2.18. The summed E-state index contributed by atoms with van der Waals surface area (Å²) in [5.41, 5.74) is 0. The number of unbranched alkanes of at least 4 members (excludes halogenated alkanes) is 32. The lowest BCUT2D eigenvalue weighted by molar-refractivity contribution is -0.167. The minimum atomic E-state index is -0.762. The van der Waals surface area contributed by atoms with E-state index in [1.165, 1.54) is 186 Å². The molecule has 60 heavy (non-hydrogen) atoms. The summed E-state index contributed by atoms with van der Waals surface area (Å²) in [6.45, 7) is 11.4. The highest BCUT2D eigenvalue weighted by Crippen LogP contribution is 2.18. The van der Waals surface area contributed by atoms with E-state index >= 15 is 0 Å². The number of rotatable bonds is 48. The van der Waals surface area contributed by atoms with Gasteiger partial charge in [-0.3, -0.25) is 14.4 Å². The Kier molecular flexibility index (Phi) is 45.7. The molecule has 0 aliphatic rings. The van der Waals surface area contributed by atoms with Gasteiger partial charge in [-0.2, -0.15) is 0 Å². The summed E-state index contributed by atoms with van der Waals surface area (Å²) in [6.07, 6.45) is 48.1. The molecule has 0 aromatic heterocycles. The van der Waals surface area contributed by atoms with Crippen molar-refractivity contribution < 1.29 is 28.6 Å². The third kappa shape index (κ3) is 45.9. The van der Waals surface area contributed by atoms with Crippen LogP contribution < -0.4 is 0 Å².